The first-order valence-corrected chi connectivity index (χ1v) is 6.47. The second-order valence-electron chi connectivity index (χ2n) is 3.74. The van der Waals surface area contributed by atoms with E-state index in [4.69, 9.17) is 22.6 Å². The molecule has 0 bridgehead atoms. The normalized spacial score (nSPS) is 11.8. The number of halogens is 1. The maximum atomic E-state index is 8.90. The summed E-state index contributed by atoms with van der Waals surface area (Å²) < 4.78 is 0.741. The molecule has 92 valence electrons. The van der Waals surface area contributed by atoms with Crippen molar-refractivity contribution >= 4 is 34.4 Å². The summed E-state index contributed by atoms with van der Waals surface area (Å²) in [5.74, 6) is 0.520. The van der Waals surface area contributed by atoms with Crippen molar-refractivity contribution < 1.29 is 0 Å². The molecule has 1 atom stereocenters. The quantitative estimate of drug-likeness (QED) is 0.902. The number of hydrogen-bond donors (Lipinski definition) is 2. The van der Waals surface area contributed by atoms with Gasteiger partial charge in [-0.15, -0.1) is 11.3 Å². The summed E-state index contributed by atoms with van der Waals surface area (Å²) in [7, 11) is 0. The van der Waals surface area contributed by atoms with E-state index in [2.05, 4.69) is 10.3 Å². The van der Waals surface area contributed by atoms with E-state index in [0.717, 1.165) is 9.21 Å². The lowest BCUT2D eigenvalue weighted by atomic mass is 10.2. The fraction of sp³-hybridized carbons (Fsp3) is 0.167. The van der Waals surface area contributed by atoms with E-state index in [1.165, 1.54) is 11.3 Å². The van der Waals surface area contributed by atoms with Crippen LogP contribution < -0.4 is 11.1 Å². The second kappa shape index (κ2) is 5.25. The molecule has 0 radical (unpaired) electrons. The summed E-state index contributed by atoms with van der Waals surface area (Å²) in [6, 6.07) is 7.46. The third-order valence-electron chi connectivity index (χ3n) is 2.48. The lowest BCUT2D eigenvalue weighted by Gasteiger charge is -2.14. The highest BCUT2D eigenvalue weighted by molar-refractivity contribution is 7.16. The predicted molar refractivity (Wildman–Crippen MR) is 74.7 cm³/mol. The topological polar surface area (TPSA) is 74.7 Å². The summed E-state index contributed by atoms with van der Waals surface area (Å²) in [5, 5.41) is 12.1. The van der Waals surface area contributed by atoms with Crippen LogP contribution in [0.15, 0.2) is 24.4 Å². The molecule has 0 amide bonds. The summed E-state index contributed by atoms with van der Waals surface area (Å²) in [6.45, 7) is 1.99. The molecule has 6 heteroatoms. The molecule has 0 aromatic carbocycles. The van der Waals surface area contributed by atoms with E-state index >= 15 is 0 Å². The zero-order valence-corrected chi connectivity index (χ0v) is 11.2. The highest BCUT2D eigenvalue weighted by Crippen LogP contribution is 2.30. The van der Waals surface area contributed by atoms with Crippen LogP contribution in [0.4, 0.5) is 11.5 Å². The Morgan fingerprint density at radius 1 is 1.50 bits per heavy atom. The van der Waals surface area contributed by atoms with Crippen LogP contribution in [0.2, 0.25) is 4.34 Å². The summed E-state index contributed by atoms with van der Waals surface area (Å²) in [4.78, 5) is 5.23. The number of nitrogens with two attached hydrogens (primary N) is 1. The second-order valence-corrected chi connectivity index (χ2v) is 5.49. The predicted octanol–water partition coefficient (Wildman–Crippen LogP) is 3.42. The Bertz CT molecular complexity index is 602. The van der Waals surface area contributed by atoms with Crippen LogP contribution in [-0.2, 0) is 0 Å². The van der Waals surface area contributed by atoms with Crippen LogP contribution >= 0.6 is 22.9 Å². The van der Waals surface area contributed by atoms with Gasteiger partial charge in [-0.3, -0.25) is 0 Å². The number of nitrogens with one attached hydrogen (secondary N) is 1. The first kappa shape index (κ1) is 12.7. The number of anilines is 2. The molecule has 0 fully saturated rings. The Labute approximate surface area is 114 Å². The Hall–Kier alpha value is -1.77. The van der Waals surface area contributed by atoms with Crippen molar-refractivity contribution in [2.75, 3.05) is 11.1 Å². The molecule has 0 saturated carbocycles. The Balaban J connectivity index is 2.22. The number of nitrogen functional groups attached to an aromatic ring is 1. The van der Waals surface area contributed by atoms with Gasteiger partial charge in [0.25, 0.3) is 0 Å². The van der Waals surface area contributed by atoms with Crippen molar-refractivity contribution in [2.45, 2.75) is 13.0 Å². The number of hydrogen-bond acceptors (Lipinski definition) is 5. The fourth-order valence-corrected chi connectivity index (χ4v) is 2.59. The highest BCUT2D eigenvalue weighted by Gasteiger charge is 2.12. The maximum Gasteiger partial charge on any atom is 0.151 e. The molecular formula is C12H11ClN4S. The molecule has 1 unspecified atom stereocenters. The molecule has 18 heavy (non-hydrogen) atoms. The van der Waals surface area contributed by atoms with Gasteiger partial charge >= 0.3 is 0 Å². The van der Waals surface area contributed by atoms with Crippen LogP contribution in [-0.4, -0.2) is 4.98 Å². The van der Waals surface area contributed by atoms with Crippen molar-refractivity contribution in [1.29, 1.82) is 5.26 Å². The minimum Gasteiger partial charge on any atom is -0.395 e. The average Bonchev–Trinajstić information content (AvgIpc) is 2.78. The molecule has 0 spiro atoms. The number of aromatic nitrogens is 1. The van der Waals surface area contributed by atoms with Crippen molar-refractivity contribution in [3.63, 3.8) is 0 Å². The van der Waals surface area contributed by atoms with Crippen LogP contribution in [0.25, 0.3) is 0 Å². The van der Waals surface area contributed by atoms with Crippen molar-refractivity contribution in [2.24, 2.45) is 0 Å². The van der Waals surface area contributed by atoms with Gasteiger partial charge in [0, 0.05) is 11.1 Å². The van der Waals surface area contributed by atoms with Crippen molar-refractivity contribution in [3.05, 3.63) is 39.2 Å². The molecule has 2 aromatic heterocycles. The zero-order chi connectivity index (χ0) is 13.1. The van der Waals surface area contributed by atoms with Gasteiger partial charge in [-0.05, 0) is 25.1 Å². The first-order valence-electron chi connectivity index (χ1n) is 5.28. The van der Waals surface area contributed by atoms with Gasteiger partial charge in [0.05, 0.1) is 21.6 Å². The van der Waals surface area contributed by atoms with Crippen LogP contribution in [0.3, 0.4) is 0 Å². The third-order valence-corrected chi connectivity index (χ3v) is 3.90. The smallest absolute Gasteiger partial charge is 0.151 e. The summed E-state index contributed by atoms with van der Waals surface area (Å²) in [6.07, 6.45) is 1.56. The molecule has 0 saturated heterocycles. The standard InChI is InChI=1S/C12H11ClN4S/c1-7(9-2-3-10(13)18-9)17-12-11(15)8(6-14)4-5-16-12/h2-5,7H,15H2,1H3,(H,16,17). The van der Waals surface area contributed by atoms with Gasteiger partial charge < -0.3 is 11.1 Å². The number of nitriles is 1. The van der Waals surface area contributed by atoms with E-state index in [1.54, 1.807) is 12.3 Å². The Kier molecular flexibility index (Phi) is 3.70. The van der Waals surface area contributed by atoms with Gasteiger partial charge in [0.15, 0.2) is 5.82 Å². The monoisotopic (exact) mass is 278 g/mol. The molecule has 4 nitrogen and oxygen atoms in total. The van der Waals surface area contributed by atoms with Gasteiger partial charge in [0.2, 0.25) is 0 Å². The SMILES string of the molecule is CC(Nc1nccc(C#N)c1N)c1ccc(Cl)s1. The molecule has 2 aromatic rings. The van der Waals surface area contributed by atoms with Gasteiger partial charge in [0.1, 0.15) is 6.07 Å². The number of thiophene rings is 1. The largest absolute Gasteiger partial charge is 0.395 e. The Morgan fingerprint density at radius 3 is 2.89 bits per heavy atom. The molecule has 0 aliphatic rings. The molecule has 2 rings (SSSR count). The summed E-state index contributed by atoms with van der Waals surface area (Å²) in [5.41, 5.74) is 6.65. The minimum atomic E-state index is 0.0336. The van der Waals surface area contributed by atoms with Gasteiger partial charge in [-0.25, -0.2) is 4.98 Å². The maximum absolute atomic E-state index is 8.90. The molecule has 3 N–H and O–H groups in total. The Morgan fingerprint density at radius 2 is 2.28 bits per heavy atom. The van der Waals surface area contributed by atoms with Crippen molar-refractivity contribution in [1.82, 2.24) is 4.98 Å². The first-order chi connectivity index (χ1) is 8.61. The number of rotatable bonds is 3. The van der Waals surface area contributed by atoms with Crippen LogP contribution in [0.5, 0.6) is 0 Å². The van der Waals surface area contributed by atoms with Crippen LogP contribution in [0, 0.1) is 11.3 Å². The van der Waals surface area contributed by atoms with E-state index in [0.29, 0.717) is 17.1 Å². The molecule has 2 heterocycles. The van der Waals surface area contributed by atoms with E-state index in [1.807, 2.05) is 25.1 Å². The third kappa shape index (κ3) is 2.55. The van der Waals surface area contributed by atoms with Crippen molar-refractivity contribution in [3.8, 4) is 6.07 Å². The zero-order valence-electron chi connectivity index (χ0n) is 9.64. The van der Waals surface area contributed by atoms with Gasteiger partial charge in [-0.2, -0.15) is 5.26 Å². The lowest BCUT2D eigenvalue weighted by Crippen LogP contribution is -2.09. The van der Waals surface area contributed by atoms with E-state index < -0.39 is 0 Å². The average molecular weight is 279 g/mol. The minimum absolute atomic E-state index is 0.0336. The molecular weight excluding hydrogens is 268 g/mol. The molecule has 0 aliphatic carbocycles. The van der Waals surface area contributed by atoms with E-state index in [-0.39, 0.29) is 6.04 Å². The highest BCUT2D eigenvalue weighted by atomic mass is 35.5. The summed E-state index contributed by atoms with van der Waals surface area (Å²) >= 11 is 7.39. The van der Waals surface area contributed by atoms with Crippen LogP contribution in [0.1, 0.15) is 23.4 Å². The molecule has 0 aliphatic heterocycles. The number of pyridine rings is 1. The van der Waals surface area contributed by atoms with E-state index in [9.17, 15) is 0 Å². The fourth-order valence-electron chi connectivity index (χ4n) is 1.52. The lowest BCUT2D eigenvalue weighted by molar-refractivity contribution is 0.897. The number of nitrogens with zero attached hydrogens (tertiary/aromatic N) is 2. The van der Waals surface area contributed by atoms with Gasteiger partial charge in [-0.1, -0.05) is 11.6 Å².